The lowest BCUT2D eigenvalue weighted by atomic mass is 10.1. The molecule has 1 saturated heterocycles. The summed E-state index contributed by atoms with van der Waals surface area (Å²) in [5.41, 5.74) is 0. The number of aliphatic hydroxyl groups is 1. The highest BCUT2D eigenvalue weighted by Gasteiger charge is 2.27. The topological polar surface area (TPSA) is 65.6 Å². The Morgan fingerprint density at radius 1 is 1.47 bits per heavy atom. The summed E-state index contributed by atoms with van der Waals surface area (Å²) in [5.74, 6) is 1.38. The first-order valence-electron chi connectivity index (χ1n) is 7.02. The highest BCUT2D eigenvalue weighted by atomic mass is 16.5. The van der Waals surface area contributed by atoms with Crippen LogP contribution in [0.5, 0.6) is 0 Å². The van der Waals surface area contributed by atoms with Crippen LogP contribution in [0.4, 0.5) is 0 Å². The van der Waals surface area contributed by atoms with E-state index in [0.29, 0.717) is 11.9 Å². The smallest absolute Gasteiger partial charge is 0.223 e. The highest BCUT2D eigenvalue weighted by molar-refractivity contribution is 4.88. The van der Waals surface area contributed by atoms with Crippen molar-refractivity contribution in [1.82, 2.24) is 19.9 Å². The predicted molar refractivity (Wildman–Crippen MR) is 71.6 cm³/mol. The normalized spacial score (nSPS) is 23.7. The van der Waals surface area contributed by atoms with Gasteiger partial charge in [0.25, 0.3) is 0 Å². The lowest BCUT2D eigenvalue weighted by molar-refractivity contribution is 0.0326. The summed E-state index contributed by atoms with van der Waals surface area (Å²) in [4.78, 5) is 8.99. The van der Waals surface area contributed by atoms with Crippen LogP contribution >= 0.6 is 0 Å². The number of piperazine rings is 1. The van der Waals surface area contributed by atoms with Gasteiger partial charge in [0.2, 0.25) is 5.89 Å². The fourth-order valence-corrected chi connectivity index (χ4v) is 2.67. The number of nitrogens with zero attached hydrogens (tertiary/aromatic N) is 4. The number of aryl methyl sites for hydroxylation is 1. The summed E-state index contributed by atoms with van der Waals surface area (Å²) >= 11 is 0. The van der Waals surface area contributed by atoms with Crippen molar-refractivity contribution in [3.05, 3.63) is 11.7 Å². The maximum absolute atomic E-state index is 9.53. The molecule has 0 radical (unpaired) electrons. The van der Waals surface area contributed by atoms with E-state index in [4.69, 9.17) is 4.52 Å². The standard InChI is InChI=1S/C13H24N4O2/c1-4-12-8-16(5-6-17(12)7-10(2)18)9-13-14-11(3)19-15-13/h10,12,18H,4-9H2,1-3H3/t10-,12+/m0/s1. The SMILES string of the molecule is CC[C@@H]1CN(Cc2noc(C)n2)CCN1C[C@H](C)O. The van der Waals surface area contributed by atoms with Gasteiger partial charge < -0.3 is 9.63 Å². The number of hydrogen-bond donors (Lipinski definition) is 1. The van der Waals surface area contributed by atoms with Crippen molar-refractivity contribution in [1.29, 1.82) is 0 Å². The minimum atomic E-state index is -0.263. The first-order chi connectivity index (χ1) is 9.08. The van der Waals surface area contributed by atoms with Gasteiger partial charge in [0.1, 0.15) is 0 Å². The summed E-state index contributed by atoms with van der Waals surface area (Å²) in [7, 11) is 0. The highest BCUT2D eigenvalue weighted by Crippen LogP contribution is 2.15. The minimum absolute atomic E-state index is 0.263. The van der Waals surface area contributed by atoms with Crippen molar-refractivity contribution in [2.75, 3.05) is 26.2 Å². The molecule has 1 aliphatic heterocycles. The Morgan fingerprint density at radius 3 is 2.84 bits per heavy atom. The number of β-amino-alcohol motifs (C(OH)–C–C–N with tert-alkyl or cyclic N) is 1. The molecule has 108 valence electrons. The Bertz CT molecular complexity index is 394. The molecule has 0 bridgehead atoms. The third-order valence-electron chi connectivity index (χ3n) is 3.59. The summed E-state index contributed by atoms with van der Waals surface area (Å²) in [5, 5.41) is 13.5. The van der Waals surface area contributed by atoms with Crippen molar-refractivity contribution in [2.45, 2.75) is 45.9 Å². The first kappa shape index (κ1) is 14.4. The van der Waals surface area contributed by atoms with Gasteiger partial charge in [-0.25, -0.2) is 0 Å². The minimum Gasteiger partial charge on any atom is -0.392 e. The van der Waals surface area contributed by atoms with Crippen LogP contribution in [0.1, 0.15) is 32.0 Å². The zero-order valence-corrected chi connectivity index (χ0v) is 12.0. The van der Waals surface area contributed by atoms with Crippen molar-refractivity contribution in [3.8, 4) is 0 Å². The second-order valence-electron chi connectivity index (χ2n) is 5.37. The molecule has 2 atom stereocenters. The van der Waals surface area contributed by atoms with Crippen molar-refractivity contribution in [3.63, 3.8) is 0 Å². The molecule has 0 spiro atoms. The van der Waals surface area contributed by atoms with Gasteiger partial charge in [-0.15, -0.1) is 0 Å². The predicted octanol–water partition coefficient (Wildman–Crippen LogP) is 0.655. The van der Waals surface area contributed by atoms with Gasteiger partial charge >= 0.3 is 0 Å². The molecule has 2 heterocycles. The van der Waals surface area contributed by atoms with Crippen LogP contribution in [0.3, 0.4) is 0 Å². The van der Waals surface area contributed by atoms with Crippen LogP contribution in [-0.4, -0.2) is 63.4 Å². The van der Waals surface area contributed by atoms with E-state index >= 15 is 0 Å². The molecule has 0 amide bonds. The van der Waals surface area contributed by atoms with Crippen molar-refractivity contribution < 1.29 is 9.63 Å². The molecule has 19 heavy (non-hydrogen) atoms. The summed E-state index contributed by atoms with van der Waals surface area (Å²) in [6.45, 7) is 10.3. The maximum Gasteiger partial charge on any atom is 0.223 e. The van der Waals surface area contributed by atoms with E-state index < -0.39 is 0 Å². The molecule has 6 heteroatoms. The van der Waals surface area contributed by atoms with Gasteiger partial charge in [-0.2, -0.15) is 4.98 Å². The van der Waals surface area contributed by atoms with Crippen LogP contribution < -0.4 is 0 Å². The maximum atomic E-state index is 9.53. The van der Waals surface area contributed by atoms with Crippen LogP contribution in [0.2, 0.25) is 0 Å². The second kappa shape index (κ2) is 6.45. The van der Waals surface area contributed by atoms with Gasteiger partial charge in [-0.1, -0.05) is 12.1 Å². The third-order valence-corrected chi connectivity index (χ3v) is 3.59. The first-order valence-corrected chi connectivity index (χ1v) is 7.02. The average Bonchev–Trinajstić information content (AvgIpc) is 2.76. The van der Waals surface area contributed by atoms with Crippen molar-refractivity contribution >= 4 is 0 Å². The summed E-state index contributed by atoms with van der Waals surface area (Å²) in [6.07, 6.45) is 0.828. The number of aliphatic hydroxyl groups excluding tert-OH is 1. The summed E-state index contributed by atoms with van der Waals surface area (Å²) in [6, 6.07) is 0.497. The fourth-order valence-electron chi connectivity index (χ4n) is 2.67. The lowest BCUT2D eigenvalue weighted by Crippen LogP contribution is -2.54. The second-order valence-corrected chi connectivity index (χ2v) is 5.37. The molecular weight excluding hydrogens is 244 g/mol. The molecule has 1 fully saturated rings. The van der Waals surface area contributed by atoms with E-state index in [0.717, 1.165) is 45.0 Å². The molecule has 0 unspecified atom stereocenters. The molecule has 1 N–H and O–H groups in total. The average molecular weight is 268 g/mol. The van der Waals surface area contributed by atoms with E-state index in [-0.39, 0.29) is 6.10 Å². The Morgan fingerprint density at radius 2 is 2.26 bits per heavy atom. The summed E-state index contributed by atoms with van der Waals surface area (Å²) < 4.78 is 5.00. The molecule has 2 rings (SSSR count). The molecular formula is C13H24N4O2. The van der Waals surface area contributed by atoms with Gasteiger partial charge in [0.15, 0.2) is 5.82 Å². The lowest BCUT2D eigenvalue weighted by Gasteiger charge is -2.41. The molecule has 0 aromatic carbocycles. The quantitative estimate of drug-likeness (QED) is 0.846. The van der Waals surface area contributed by atoms with Gasteiger partial charge in [-0.3, -0.25) is 9.80 Å². The molecule has 1 aromatic rings. The van der Waals surface area contributed by atoms with E-state index in [2.05, 4.69) is 26.9 Å². The Hall–Kier alpha value is -0.980. The van der Waals surface area contributed by atoms with E-state index in [9.17, 15) is 5.11 Å². The Labute approximate surface area is 114 Å². The van der Waals surface area contributed by atoms with E-state index in [1.165, 1.54) is 0 Å². The molecule has 6 nitrogen and oxygen atoms in total. The zero-order chi connectivity index (χ0) is 13.8. The van der Waals surface area contributed by atoms with Gasteiger partial charge in [-0.05, 0) is 13.3 Å². The van der Waals surface area contributed by atoms with Gasteiger partial charge in [0, 0.05) is 39.1 Å². The van der Waals surface area contributed by atoms with Gasteiger partial charge in [0.05, 0.1) is 12.6 Å². The van der Waals surface area contributed by atoms with Crippen LogP contribution in [-0.2, 0) is 6.54 Å². The number of rotatable bonds is 5. The molecule has 0 saturated carbocycles. The van der Waals surface area contributed by atoms with Crippen LogP contribution in [0, 0.1) is 6.92 Å². The Balaban J connectivity index is 1.89. The number of aromatic nitrogens is 2. The molecule has 1 aliphatic rings. The van der Waals surface area contributed by atoms with E-state index in [1.807, 2.05) is 13.8 Å². The zero-order valence-electron chi connectivity index (χ0n) is 12.0. The fraction of sp³-hybridized carbons (Fsp3) is 0.846. The van der Waals surface area contributed by atoms with Crippen LogP contribution in [0.25, 0.3) is 0 Å². The largest absolute Gasteiger partial charge is 0.392 e. The van der Waals surface area contributed by atoms with Crippen molar-refractivity contribution in [2.24, 2.45) is 0 Å². The molecule has 1 aromatic heterocycles. The Kier molecular flexibility index (Phi) is 4.90. The monoisotopic (exact) mass is 268 g/mol. The van der Waals surface area contributed by atoms with Crippen LogP contribution in [0.15, 0.2) is 4.52 Å². The van der Waals surface area contributed by atoms with E-state index in [1.54, 1.807) is 0 Å². The third kappa shape index (κ3) is 3.99. The number of hydrogen-bond acceptors (Lipinski definition) is 6. The molecule has 0 aliphatic carbocycles.